The molecule has 2 heterocycles. The Balaban J connectivity index is 2.01. The fourth-order valence-corrected chi connectivity index (χ4v) is 4.80. The van der Waals surface area contributed by atoms with Gasteiger partial charge in [0.1, 0.15) is 0 Å². The third kappa shape index (κ3) is 2.47. The van der Waals surface area contributed by atoms with Crippen molar-refractivity contribution in [3.63, 3.8) is 0 Å². The molecule has 20 heavy (non-hydrogen) atoms. The highest BCUT2D eigenvalue weighted by molar-refractivity contribution is 9.10. The van der Waals surface area contributed by atoms with Gasteiger partial charge < -0.3 is 5.32 Å². The van der Waals surface area contributed by atoms with Crippen LogP contribution >= 0.6 is 27.3 Å². The fraction of sp³-hybridized carbons (Fsp3) is 0.533. The topological polar surface area (TPSA) is 29.9 Å². The maximum absolute atomic E-state index is 4.46. The lowest BCUT2D eigenvalue weighted by Gasteiger charge is -2.18. The first-order valence-electron chi connectivity index (χ1n) is 7.30. The summed E-state index contributed by atoms with van der Waals surface area (Å²) in [5, 5.41) is 8.09. The van der Waals surface area contributed by atoms with E-state index >= 15 is 0 Å². The molecule has 0 aromatic carbocycles. The summed E-state index contributed by atoms with van der Waals surface area (Å²) in [5.74, 6) is 0. The fourth-order valence-electron chi connectivity index (χ4n) is 2.94. The number of aromatic nitrogens is 2. The van der Waals surface area contributed by atoms with Crippen LogP contribution in [-0.2, 0) is 19.4 Å². The summed E-state index contributed by atoms with van der Waals surface area (Å²) in [6, 6.07) is 2.65. The van der Waals surface area contributed by atoms with Gasteiger partial charge in [-0.2, -0.15) is 5.10 Å². The van der Waals surface area contributed by atoms with E-state index in [1.807, 2.05) is 17.5 Å². The highest BCUT2D eigenvalue weighted by atomic mass is 79.9. The minimum absolute atomic E-state index is 0.243. The molecular formula is C15H20BrN3S. The Morgan fingerprint density at radius 2 is 2.30 bits per heavy atom. The summed E-state index contributed by atoms with van der Waals surface area (Å²) in [5.41, 5.74) is 2.81. The second-order valence-corrected chi connectivity index (χ2v) is 7.16. The zero-order valence-electron chi connectivity index (χ0n) is 11.9. The van der Waals surface area contributed by atoms with Gasteiger partial charge >= 0.3 is 0 Å². The average Bonchev–Trinajstić information content (AvgIpc) is 3.10. The zero-order chi connectivity index (χ0) is 14.1. The number of nitrogens with zero attached hydrogens (tertiary/aromatic N) is 2. The molecule has 3 nitrogen and oxygen atoms in total. The maximum Gasteiger partial charge on any atom is 0.0853 e. The number of fused-ring (bicyclic) bond motifs is 1. The molecule has 3 rings (SSSR count). The lowest BCUT2D eigenvalue weighted by atomic mass is 10.1. The number of rotatable bonds is 5. The van der Waals surface area contributed by atoms with Crippen LogP contribution < -0.4 is 5.32 Å². The van der Waals surface area contributed by atoms with E-state index in [2.05, 4.69) is 50.9 Å². The predicted molar refractivity (Wildman–Crippen MR) is 87.5 cm³/mol. The molecule has 0 amide bonds. The van der Waals surface area contributed by atoms with Crippen molar-refractivity contribution in [2.45, 2.75) is 45.7 Å². The van der Waals surface area contributed by atoms with E-state index in [0.29, 0.717) is 0 Å². The Kier molecular flexibility index (Phi) is 4.29. The van der Waals surface area contributed by atoms with Gasteiger partial charge in [0.05, 0.1) is 22.4 Å². The van der Waals surface area contributed by atoms with Crippen molar-refractivity contribution in [3.05, 3.63) is 37.7 Å². The van der Waals surface area contributed by atoms with E-state index in [1.54, 1.807) is 10.4 Å². The van der Waals surface area contributed by atoms with E-state index in [0.717, 1.165) is 17.6 Å². The summed E-state index contributed by atoms with van der Waals surface area (Å²) < 4.78 is 3.18. The lowest BCUT2D eigenvalue weighted by Crippen LogP contribution is -2.24. The number of hydrogen-bond donors (Lipinski definition) is 1. The van der Waals surface area contributed by atoms with Gasteiger partial charge in [0.25, 0.3) is 0 Å². The molecule has 0 spiro atoms. The second-order valence-electron chi connectivity index (χ2n) is 5.13. The van der Waals surface area contributed by atoms with Crippen molar-refractivity contribution in [2.75, 3.05) is 6.54 Å². The second kappa shape index (κ2) is 6.00. The van der Waals surface area contributed by atoms with Crippen molar-refractivity contribution in [1.29, 1.82) is 0 Å². The number of nitrogens with one attached hydrogen (secondary N) is 1. The van der Waals surface area contributed by atoms with E-state index < -0.39 is 0 Å². The van der Waals surface area contributed by atoms with Crippen LogP contribution in [0.3, 0.4) is 0 Å². The molecule has 1 N–H and O–H groups in total. The number of aryl methyl sites for hydroxylation is 3. The highest BCUT2D eigenvalue weighted by Crippen LogP contribution is 2.37. The first kappa shape index (κ1) is 14.3. The van der Waals surface area contributed by atoms with Crippen molar-refractivity contribution in [2.24, 2.45) is 0 Å². The van der Waals surface area contributed by atoms with Crippen molar-refractivity contribution in [3.8, 4) is 0 Å². The Bertz CT molecular complexity index is 581. The quantitative estimate of drug-likeness (QED) is 0.882. The molecule has 0 bridgehead atoms. The summed E-state index contributed by atoms with van der Waals surface area (Å²) >= 11 is 5.64. The lowest BCUT2D eigenvalue weighted by molar-refractivity contribution is 0.545. The first-order valence-corrected chi connectivity index (χ1v) is 8.91. The van der Waals surface area contributed by atoms with Crippen LogP contribution in [0, 0.1) is 0 Å². The van der Waals surface area contributed by atoms with Gasteiger partial charge in [-0.25, -0.2) is 0 Å². The van der Waals surface area contributed by atoms with Gasteiger partial charge in [0, 0.05) is 16.3 Å². The smallest absolute Gasteiger partial charge is 0.0853 e. The van der Waals surface area contributed by atoms with Gasteiger partial charge in [0.15, 0.2) is 0 Å². The summed E-state index contributed by atoms with van der Waals surface area (Å²) in [4.78, 5) is 3.01. The van der Waals surface area contributed by atoms with Gasteiger partial charge in [0.2, 0.25) is 0 Å². The van der Waals surface area contributed by atoms with Gasteiger partial charge in [-0.05, 0) is 60.3 Å². The molecule has 0 aliphatic heterocycles. The minimum atomic E-state index is 0.243. The van der Waals surface area contributed by atoms with Crippen LogP contribution in [0.5, 0.6) is 0 Å². The molecule has 1 aliphatic rings. The van der Waals surface area contributed by atoms with Gasteiger partial charge in [-0.1, -0.05) is 6.92 Å². The normalized spacial score (nSPS) is 15.6. The minimum Gasteiger partial charge on any atom is -0.305 e. The van der Waals surface area contributed by atoms with E-state index in [-0.39, 0.29) is 6.04 Å². The summed E-state index contributed by atoms with van der Waals surface area (Å²) in [7, 11) is 0. The molecule has 108 valence electrons. The number of thiophene rings is 1. The maximum atomic E-state index is 4.46. The van der Waals surface area contributed by atoms with E-state index in [4.69, 9.17) is 0 Å². The Labute approximate surface area is 132 Å². The molecule has 2 aromatic rings. The molecule has 0 radical (unpaired) electrons. The van der Waals surface area contributed by atoms with Crippen LogP contribution in [0.25, 0.3) is 0 Å². The number of halogens is 1. The van der Waals surface area contributed by atoms with Gasteiger partial charge in [-0.3, -0.25) is 4.68 Å². The highest BCUT2D eigenvalue weighted by Gasteiger charge is 2.25. The van der Waals surface area contributed by atoms with Crippen LogP contribution in [0.1, 0.15) is 47.3 Å². The Morgan fingerprint density at radius 3 is 3.00 bits per heavy atom. The monoisotopic (exact) mass is 353 g/mol. The molecule has 0 saturated heterocycles. The largest absolute Gasteiger partial charge is 0.305 e. The average molecular weight is 354 g/mol. The first-order chi connectivity index (χ1) is 9.74. The predicted octanol–water partition coefficient (Wildman–Crippen LogP) is 3.91. The summed E-state index contributed by atoms with van der Waals surface area (Å²) in [6.07, 6.45) is 5.74. The standard InChI is InChI=1S/C15H20BrN3S/c1-3-17-14(15-11(16)9-18-19(15)4-2)13-8-10-6-5-7-12(10)20-13/h8-9,14,17H,3-7H2,1-2H3. The van der Waals surface area contributed by atoms with Crippen LogP contribution in [0.15, 0.2) is 16.7 Å². The zero-order valence-corrected chi connectivity index (χ0v) is 14.4. The third-order valence-corrected chi connectivity index (χ3v) is 5.78. The Hall–Kier alpha value is -0.650. The molecule has 0 fully saturated rings. The van der Waals surface area contributed by atoms with Crippen molar-refractivity contribution >= 4 is 27.3 Å². The molecule has 5 heteroatoms. The van der Waals surface area contributed by atoms with Crippen molar-refractivity contribution < 1.29 is 0 Å². The number of hydrogen-bond acceptors (Lipinski definition) is 3. The third-order valence-electron chi connectivity index (χ3n) is 3.86. The molecular weight excluding hydrogens is 334 g/mol. The molecule has 1 unspecified atom stereocenters. The van der Waals surface area contributed by atoms with E-state index in [1.165, 1.54) is 29.8 Å². The van der Waals surface area contributed by atoms with E-state index in [9.17, 15) is 0 Å². The van der Waals surface area contributed by atoms with Gasteiger partial charge in [-0.15, -0.1) is 11.3 Å². The molecule has 0 saturated carbocycles. The molecule has 2 aromatic heterocycles. The SMILES string of the molecule is CCNC(c1cc2c(s1)CCC2)c1c(Br)cnn1CC. The summed E-state index contributed by atoms with van der Waals surface area (Å²) in [6.45, 7) is 6.15. The van der Waals surface area contributed by atoms with Crippen LogP contribution in [0.2, 0.25) is 0 Å². The Morgan fingerprint density at radius 1 is 1.45 bits per heavy atom. The van der Waals surface area contributed by atoms with Crippen molar-refractivity contribution in [1.82, 2.24) is 15.1 Å². The van der Waals surface area contributed by atoms with Crippen LogP contribution in [-0.4, -0.2) is 16.3 Å². The van der Waals surface area contributed by atoms with Crippen LogP contribution in [0.4, 0.5) is 0 Å². The molecule has 1 atom stereocenters. The molecule has 1 aliphatic carbocycles.